The van der Waals surface area contributed by atoms with Crippen LogP contribution in [0.5, 0.6) is 0 Å². The number of nitrogens with two attached hydrogens (primary N) is 1. The molecular formula is C15H22N2O2. The van der Waals surface area contributed by atoms with Crippen molar-refractivity contribution >= 4 is 11.6 Å². The monoisotopic (exact) mass is 262 g/mol. The Labute approximate surface area is 114 Å². The average Bonchev–Trinajstić information content (AvgIpc) is 2.93. The van der Waals surface area contributed by atoms with Gasteiger partial charge in [-0.2, -0.15) is 0 Å². The predicted molar refractivity (Wildman–Crippen MR) is 75.7 cm³/mol. The quantitative estimate of drug-likeness (QED) is 0.826. The van der Waals surface area contributed by atoms with Crippen molar-refractivity contribution in [3.8, 4) is 0 Å². The summed E-state index contributed by atoms with van der Waals surface area (Å²) in [6.45, 7) is 1.35. The second kappa shape index (κ2) is 7.26. The van der Waals surface area contributed by atoms with Crippen molar-refractivity contribution in [3.63, 3.8) is 0 Å². The molecule has 1 saturated carbocycles. The minimum atomic E-state index is -0.0986. The van der Waals surface area contributed by atoms with Gasteiger partial charge in [0.05, 0.1) is 6.61 Å². The van der Waals surface area contributed by atoms with Gasteiger partial charge in [0.1, 0.15) is 6.61 Å². The molecule has 19 heavy (non-hydrogen) atoms. The SMILES string of the molecule is NCc1ccc(NC(=O)COCC2CCCC2)cc1. The van der Waals surface area contributed by atoms with Crippen LogP contribution >= 0.6 is 0 Å². The largest absolute Gasteiger partial charge is 0.371 e. The van der Waals surface area contributed by atoms with Gasteiger partial charge < -0.3 is 15.8 Å². The Bertz CT molecular complexity index is 397. The number of carbonyl (C=O) groups excluding carboxylic acids is 1. The van der Waals surface area contributed by atoms with Crippen molar-refractivity contribution in [2.24, 2.45) is 11.7 Å². The zero-order valence-corrected chi connectivity index (χ0v) is 11.2. The Balaban J connectivity index is 1.68. The summed E-state index contributed by atoms with van der Waals surface area (Å²) in [6, 6.07) is 7.54. The topological polar surface area (TPSA) is 64.3 Å². The van der Waals surface area contributed by atoms with Crippen molar-refractivity contribution in [3.05, 3.63) is 29.8 Å². The van der Waals surface area contributed by atoms with Crippen LogP contribution in [0.25, 0.3) is 0 Å². The molecular weight excluding hydrogens is 240 g/mol. The van der Waals surface area contributed by atoms with Crippen molar-refractivity contribution in [2.45, 2.75) is 32.2 Å². The minimum absolute atomic E-state index is 0.0986. The Morgan fingerprint density at radius 3 is 2.58 bits per heavy atom. The number of hydrogen-bond donors (Lipinski definition) is 2. The number of hydrogen-bond acceptors (Lipinski definition) is 3. The Morgan fingerprint density at radius 1 is 1.26 bits per heavy atom. The molecule has 1 aromatic rings. The number of anilines is 1. The van der Waals surface area contributed by atoms with Gasteiger partial charge in [-0.3, -0.25) is 4.79 Å². The second-order valence-electron chi connectivity index (χ2n) is 5.11. The van der Waals surface area contributed by atoms with Crippen molar-refractivity contribution in [2.75, 3.05) is 18.5 Å². The fourth-order valence-electron chi connectivity index (χ4n) is 2.42. The predicted octanol–water partition coefficient (Wildman–Crippen LogP) is 2.29. The molecule has 1 aliphatic carbocycles. The van der Waals surface area contributed by atoms with E-state index in [0.29, 0.717) is 19.1 Å². The van der Waals surface area contributed by atoms with E-state index in [1.54, 1.807) is 0 Å². The first-order chi connectivity index (χ1) is 9.28. The fourth-order valence-corrected chi connectivity index (χ4v) is 2.42. The lowest BCUT2D eigenvalue weighted by atomic mass is 10.1. The van der Waals surface area contributed by atoms with Crippen LogP contribution in [0.3, 0.4) is 0 Å². The van der Waals surface area contributed by atoms with E-state index in [2.05, 4.69) is 5.32 Å². The first kappa shape index (κ1) is 14.0. The normalized spacial score (nSPS) is 15.6. The van der Waals surface area contributed by atoms with Crippen LogP contribution in [0.4, 0.5) is 5.69 Å². The van der Waals surface area contributed by atoms with Crippen molar-refractivity contribution in [1.82, 2.24) is 0 Å². The highest BCUT2D eigenvalue weighted by molar-refractivity contribution is 5.91. The molecule has 0 bridgehead atoms. The van der Waals surface area contributed by atoms with Gasteiger partial charge in [0, 0.05) is 12.2 Å². The van der Waals surface area contributed by atoms with E-state index in [1.807, 2.05) is 24.3 Å². The molecule has 0 heterocycles. The first-order valence-electron chi connectivity index (χ1n) is 6.94. The molecule has 0 unspecified atom stereocenters. The van der Waals surface area contributed by atoms with Crippen molar-refractivity contribution in [1.29, 1.82) is 0 Å². The lowest BCUT2D eigenvalue weighted by Crippen LogP contribution is -2.20. The van der Waals surface area contributed by atoms with E-state index in [4.69, 9.17) is 10.5 Å². The van der Waals surface area contributed by atoms with Gasteiger partial charge >= 0.3 is 0 Å². The highest BCUT2D eigenvalue weighted by Crippen LogP contribution is 2.24. The molecule has 4 nitrogen and oxygen atoms in total. The molecule has 1 aromatic carbocycles. The van der Waals surface area contributed by atoms with Crippen LogP contribution in [0.15, 0.2) is 24.3 Å². The highest BCUT2D eigenvalue weighted by Gasteiger charge is 2.15. The summed E-state index contributed by atoms with van der Waals surface area (Å²) < 4.78 is 5.46. The molecule has 2 rings (SSSR count). The summed E-state index contributed by atoms with van der Waals surface area (Å²) in [5.74, 6) is 0.551. The van der Waals surface area contributed by atoms with E-state index in [1.165, 1.54) is 25.7 Å². The Kier molecular flexibility index (Phi) is 5.36. The minimum Gasteiger partial charge on any atom is -0.371 e. The molecule has 104 valence electrons. The number of benzene rings is 1. The van der Waals surface area contributed by atoms with Gasteiger partial charge in [0.15, 0.2) is 0 Å². The van der Waals surface area contributed by atoms with E-state index in [9.17, 15) is 4.79 Å². The van der Waals surface area contributed by atoms with E-state index in [-0.39, 0.29) is 12.5 Å². The molecule has 3 N–H and O–H groups in total. The van der Waals surface area contributed by atoms with Crippen LogP contribution in [0.2, 0.25) is 0 Å². The lowest BCUT2D eigenvalue weighted by molar-refractivity contribution is -0.121. The average molecular weight is 262 g/mol. The summed E-state index contributed by atoms with van der Waals surface area (Å²) >= 11 is 0. The summed E-state index contributed by atoms with van der Waals surface area (Å²) in [7, 11) is 0. The van der Waals surface area contributed by atoms with Gasteiger partial charge in [-0.15, -0.1) is 0 Å². The van der Waals surface area contributed by atoms with Gasteiger partial charge in [-0.25, -0.2) is 0 Å². The summed E-state index contributed by atoms with van der Waals surface area (Å²) in [5.41, 5.74) is 7.35. The van der Waals surface area contributed by atoms with Crippen LogP contribution in [-0.4, -0.2) is 19.1 Å². The van der Waals surface area contributed by atoms with Gasteiger partial charge in [0.25, 0.3) is 0 Å². The molecule has 0 radical (unpaired) electrons. The molecule has 0 aliphatic heterocycles. The molecule has 1 aliphatic rings. The molecule has 4 heteroatoms. The maximum Gasteiger partial charge on any atom is 0.250 e. The third kappa shape index (κ3) is 4.65. The second-order valence-corrected chi connectivity index (χ2v) is 5.11. The van der Waals surface area contributed by atoms with E-state index < -0.39 is 0 Å². The van der Waals surface area contributed by atoms with Gasteiger partial charge in [-0.1, -0.05) is 25.0 Å². The number of rotatable bonds is 6. The summed E-state index contributed by atoms with van der Waals surface area (Å²) in [6.07, 6.45) is 5.08. The third-order valence-corrected chi connectivity index (χ3v) is 3.53. The number of nitrogens with one attached hydrogen (secondary N) is 1. The molecule has 1 amide bonds. The van der Waals surface area contributed by atoms with Crippen molar-refractivity contribution < 1.29 is 9.53 Å². The smallest absolute Gasteiger partial charge is 0.250 e. The fraction of sp³-hybridized carbons (Fsp3) is 0.533. The maximum atomic E-state index is 11.7. The Morgan fingerprint density at radius 2 is 1.95 bits per heavy atom. The zero-order valence-electron chi connectivity index (χ0n) is 11.2. The molecule has 0 saturated heterocycles. The zero-order chi connectivity index (χ0) is 13.5. The molecule has 0 spiro atoms. The summed E-state index contributed by atoms with van der Waals surface area (Å²) in [5, 5.41) is 2.81. The standard InChI is InChI=1S/C15H22N2O2/c16-9-12-5-7-14(8-6-12)17-15(18)11-19-10-13-3-1-2-4-13/h5-8,13H,1-4,9-11,16H2,(H,17,18). The summed E-state index contributed by atoms with van der Waals surface area (Å²) in [4.78, 5) is 11.7. The number of ether oxygens (including phenoxy) is 1. The molecule has 1 fully saturated rings. The van der Waals surface area contributed by atoms with Gasteiger partial charge in [0.2, 0.25) is 5.91 Å². The van der Waals surface area contributed by atoms with Crippen LogP contribution in [-0.2, 0) is 16.1 Å². The maximum absolute atomic E-state index is 11.7. The first-order valence-corrected chi connectivity index (χ1v) is 6.94. The highest BCUT2D eigenvalue weighted by atomic mass is 16.5. The van der Waals surface area contributed by atoms with Crippen LogP contribution in [0.1, 0.15) is 31.2 Å². The third-order valence-electron chi connectivity index (χ3n) is 3.53. The van der Waals surface area contributed by atoms with E-state index in [0.717, 1.165) is 11.3 Å². The van der Waals surface area contributed by atoms with E-state index >= 15 is 0 Å². The van der Waals surface area contributed by atoms with Crippen LogP contribution in [0, 0.1) is 5.92 Å². The Hall–Kier alpha value is -1.39. The molecule has 0 atom stereocenters. The van der Waals surface area contributed by atoms with Gasteiger partial charge in [-0.05, 0) is 36.5 Å². The number of amides is 1. The lowest BCUT2D eigenvalue weighted by Gasteiger charge is -2.10. The number of carbonyl (C=O) groups is 1. The van der Waals surface area contributed by atoms with Crippen LogP contribution < -0.4 is 11.1 Å². The molecule has 0 aromatic heterocycles.